The van der Waals surface area contributed by atoms with Crippen LogP contribution in [-0.4, -0.2) is 16.6 Å². The van der Waals surface area contributed by atoms with E-state index in [0.29, 0.717) is 11.6 Å². The van der Waals surface area contributed by atoms with Crippen molar-refractivity contribution < 1.29 is 0 Å². The van der Waals surface area contributed by atoms with Crippen LogP contribution in [0.3, 0.4) is 0 Å². The largest absolute Gasteiger partial charge is 0.365 e. The number of aryl methyl sites for hydroxylation is 1. The average molecular weight is 261 g/mol. The third kappa shape index (κ3) is 1.84. The topological polar surface area (TPSA) is 46.9 Å². The fraction of sp³-hybridized carbons (Fsp3) is 0.385. The molecule has 18 heavy (non-hydrogen) atoms. The van der Waals surface area contributed by atoms with Gasteiger partial charge in [0, 0.05) is 24.2 Å². The number of nitrogens with zero attached hydrogens (tertiary/aromatic N) is 2. The second-order valence-corrected chi connectivity index (χ2v) is 5.44. The maximum absolute atomic E-state index is 12.5. The summed E-state index contributed by atoms with van der Waals surface area (Å²) in [6, 6.07) is 4.29. The average Bonchev–Trinajstić information content (AvgIpc) is 3.07. The minimum absolute atomic E-state index is 0.0884. The maximum atomic E-state index is 12.5. The first-order chi connectivity index (χ1) is 8.70. The molecule has 3 rings (SSSR count). The predicted molar refractivity (Wildman–Crippen MR) is 74.4 cm³/mol. The van der Waals surface area contributed by atoms with Gasteiger partial charge < -0.3 is 9.88 Å². The molecule has 94 valence electrons. The molecule has 0 radical (unpaired) electrons. The molecule has 1 N–H and O–H groups in total. The van der Waals surface area contributed by atoms with E-state index in [1.807, 2.05) is 36.1 Å². The first kappa shape index (κ1) is 11.5. The summed E-state index contributed by atoms with van der Waals surface area (Å²) in [7, 11) is 1.83. The molecule has 1 aliphatic rings. The number of aromatic nitrogens is 2. The Morgan fingerprint density at radius 1 is 1.44 bits per heavy atom. The summed E-state index contributed by atoms with van der Waals surface area (Å²) in [5.74, 6) is 0. The summed E-state index contributed by atoms with van der Waals surface area (Å²) < 4.78 is 1.91. The number of pyridine rings is 1. The van der Waals surface area contributed by atoms with Gasteiger partial charge in [-0.15, -0.1) is 11.3 Å². The van der Waals surface area contributed by atoms with Gasteiger partial charge in [-0.2, -0.15) is 0 Å². The Morgan fingerprint density at radius 3 is 2.83 bits per heavy atom. The van der Waals surface area contributed by atoms with E-state index < -0.39 is 0 Å². The number of rotatable bonds is 3. The minimum atomic E-state index is 0.0884. The van der Waals surface area contributed by atoms with Crippen molar-refractivity contribution in [3.63, 3.8) is 0 Å². The highest BCUT2D eigenvalue weighted by atomic mass is 32.1. The quantitative estimate of drug-likeness (QED) is 0.924. The van der Waals surface area contributed by atoms with E-state index in [2.05, 4.69) is 10.3 Å². The molecule has 5 heteroatoms. The van der Waals surface area contributed by atoms with Crippen molar-refractivity contribution in [2.45, 2.75) is 25.8 Å². The SMILES string of the molecule is CNc1nc(-c2ccc(C)n(C3CC3)c2=O)cs1. The van der Waals surface area contributed by atoms with Gasteiger partial charge in [0.2, 0.25) is 0 Å². The molecule has 0 aromatic carbocycles. The second kappa shape index (κ2) is 4.24. The van der Waals surface area contributed by atoms with E-state index >= 15 is 0 Å². The normalized spacial score (nSPS) is 14.8. The van der Waals surface area contributed by atoms with Crippen LogP contribution >= 0.6 is 11.3 Å². The van der Waals surface area contributed by atoms with E-state index in [1.165, 1.54) is 11.3 Å². The van der Waals surface area contributed by atoms with Gasteiger partial charge in [-0.05, 0) is 31.9 Å². The molecule has 1 fully saturated rings. The van der Waals surface area contributed by atoms with Crippen molar-refractivity contribution in [1.82, 2.24) is 9.55 Å². The standard InChI is InChI=1S/C13H15N3OS/c1-8-3-6-10(11-7-18-13(14-2)15-11)12(17)16(8)9-4-5-9/h3,6-7,9H,4-5H2,1-2H3,(H,14,15). The molecule has 0 unspecified atom stereocenters. The summed E-state index contributed by atoms with van der Waals surface area (Å²) in [5.41, 5.74) is 2.59. The maximum Gasteiger partial charge on any atom is 0.260 e. The molecule has 1 aliphatic carbocycles. The molecule has 0 spiro atoms. The molecule has 0 amide bonds. The fourth-order valence-electron chi connectivity index (χ4n) is 2.14. The van der Waals surface area contributed by atoms with Crippen LogP contribution in [0.4, 0.5) is 5.13 Å². The molecule has 0 saturated heterocycles. The Labute approximate surface area is 109 Å². The first-order valence-corrected chi connectivity index (χ1v) is 6.94. The number of hydrogen-bond acceptors (Lipinski definition) is 4. The Bertz CT molecular complexity index is 640. The minimum Gasteiger partial charge on any atom is -0.365 e. The van der Waals surface area contributed by atoms with Crippen LogP contribution in [0.5, 0.6) is 0 Å². The van der Waals surface area contributed by atoms with Crippen LogP contribution in [0.2, 0.25) is 0 Å². The predicted octanol–water partition coefficient (Wildman–Crippen LogP) is 2.66. The second-order valence-electron chi connectivity index (χ2n) is 4.58. The smallest absolute Gasteiger partial charge is 0.260 e. The van der Waals surface area contributed by atoms with E-state index in [0.717, 1.165) is 29.4 Å². The van der Waals surface area contributed by atoms with Crippen molar-refractivity contribution >= 4 is 16.5 Å². The summed E-state index contributed by atoms with van der Waals surface area (Å²) in [4.78, 5) is 16.9. The molecule has 2 aromatic rings. The number of anilines is 1. The third-order valence-electron chi connectivity index (χ3n) is 3.23. The molecule has 1 saturated carbocycles. The lowest BCUT2D eigenvalue weighted by Gasteiger charge is -2.09. The third-order valence-corrected chi connectivity index (χ3v) is 4.09. The molecular formula is C13H15N3OS. The molecule has 0 aliphatic heterocycles. The fourth-order valence-corrected chi connectivity index (χ4v) is 2.81. The molecule has 0 atom stereocenters. The Morgan fingerprint density at radius 2 is 2.22 bits per heavy atom. The highest BCUT2D eigenvalue weighted by Gasteiger charge is 2.26. The Kier molecular flexibility index (Phi) is 2.70. The van der Waals surface area contributed by atoms with Crippen LogP contribution in [0, 0.1) is 6.92 Å². The molecule has 4 nitrogen and oxygen atoms in total. The molecular weight excluding hydrogens is 246 g/mol. The highest BCUT2D eigenvalue weighted by Crippen LogP contribution is 2.35. The summed E-state index contributed by atoms with van der Waals surface area (Å²) >= 11 is 1.52. The van der Waals surface area contributed by atoms with Gasteiger partial charge in [0.25, 0.3) is 5.56 Å². The Hall–Kier alpha value is -1.62. The monoisotopic (exact) mass is 261 g/mol. The lowest BCUT2D eigenvalue weighted by molar-refractivity contribution is 0.683. The van der Waals surface area contributed by atoms with Gasteiger partial charge in [0.1, 0.15) is 0 Å². The van der Waals surface area contributed by atoms with Gasteiger partial charge >= 0.3 is 0 Å². The van der Waals surface area contributed by atoms with Crippen molar-refractivity contribution in [3.8, 4) is 11.3 Å². The van der Waals surface area contributed by atoms with E-state index in [-0.39, 0.29) is 5.56 Å². The first-order valence-electron chi connectivity index (χ1n) is 6.06. The van der Waals surface area contributed by atoms with Crippen LogP contribution in [0.15, 0.2) is 22.3 Å². The zero-order chi connectivity index (χ0) is 12.7. The highest BCUT2D eigenvalue weighted by molar-refractivity contribution is 7.14. The number of hydrogen-bond donors (Lipinski definition) is 1. The van der Waals surface area contributed by atoms with E-state index in [9.17, 15) is 4.79 Å². The van der Waals surface area contributed by atoms with Gasteiger partial charge in [-0.3, -0.25) is 4.79 Å². The lowest BCUT2D eigenvalue weighted by atomic mass is 10.2. The van der Waals surface area contributed by atoms with Crippen molar-refractivity contribution in [3.05, 3.63) is 33.6 Å². The van der Waals surface area contributed by atoms with Crippen molar-refractivity contribution in [1.29, 1.82) is 0 Å². The summed E-state index contributed by atoms with van der Waals surface area (Å²) in [5, 5.41) is 5.76. The molecule has 0 bridgehead atoms. The van der Waals surface area contributed by atoms with Crippen LogP contribution in [0.1, 0.15) is 24.6 Å². The number of thiazole rings is 1. The van der Waals surface area contributed by atoms with E-state index in [1.54, 1.807) is 0 Å². The van der Waals surface area contributed by atoms with Crippen molar-refractivity contribution in [2.75, 3.05) is 12.4 Å². The summed E-state index contributed by atoms with van der Waals surface area (Å²) in [6.07, 6.45) is 2.23. The van der Waals surface area contributed by atoms with Gasteiger partial charge in [0.05, 0.1) is 11.3 Å². The molecule has 2 heterocycles. The lowest BCUT2D eigenvalue weighted by Crippen LogP contribution is -2.22. The van der Waals surface area contributed by atoms with Crippen molar-refractivity contribution in [2.24, 2.45) is 0 Å². The van der Waals surface area contributed by atoms with Gasteiger partial charge in [-0.1, -0.05) is 0 Å². The van der Waals surface area contributed by atoms with Crippen LogP contribution < -0.4 is 10.9 Å². The van der Waals surface area contributed by atoms with Crippen LogP contribution in [0.25, 0.3) is 11.3 Å². The zero-order valence-electron chi connectivity index (χ0n) is 10.4. The Balaban J connectivity index is 2.12. The zero-order valence-corrected chi connectivity index (χ0v) is 11.3. The molecule has 2 aromatic heterocycles. The van der Waals surface area contributed by atoms with Gasteiger partial charge in [-0.25, -0.2) is 4.98 Å². The van der Waals surface area contributed by atoms with E-state index in [4.69, 9.17) is 0 Å². The number of nitrogens with one attached hydrogen (secondary N) is 1. The van der Waals surface area contributed by atoms with Gasteiger partial charge in [0.15, 0.2) is 5.13 Å². The van der Waals surface area contributed by atoms with Crippen LogP contribution in [-0.2, 0) is 0 Å². The summed E-state index contributed by atoms with van der Waals surface area (Å²) in [6.45, 7) is 1.99.